The molecule has 144 valence electrons. The van der Waals surface area contributed by atoms with Gasteiger partial charge in [-0.2, -0.15) is 13.2 Å². The third-order valence-corrected chi connectivity index (χ3v) is 5.65. The van der Waals surface area contributed by atoms with Crippen molar-refractivity contribution in [3.05, 3.63) is 42.1 Å². The predicted octanol–water partition coefficient (Wildman–Crippen LogP) is 3.08. The largest absolute Gasteiger partial charge is 0.434 e. The van der Waals surface area contributed by atoms with Gasteiger partial charge in [0.15, 0.2) is 17.2 Å². The van der Waals surface area contributed by atoms with Crippen LogP contribution in [0.2, 0.25) is 0 Å². The summed E-state index contributed by atoms with van der Waals surface area (Å²) in [6.07, 6.45) is 1.04. The van der Waals surface area contributed by atoms with Gasteiger partial charge in [0.2, 0.25) is 0 Å². The fraction of sp³-hybridized carbons (Fsp3) is 0.294. The number of fused-ring (bicyclic) bond motifs is 2. The van der Waals surface area contributed by atoms with E-state index >= 15 is 0 Å². The van der Waals surface area contributed by atoms with Gasteiger partial charge in [0, 0.05) is 44.8 Å². The number of alkyl halides is 3. The number of piperazine rings is 1. The summed E-state index contributed by atoms with van der Waals surface area (Å²) in [4.78, 5) is 20.9. The Labute approximate surface area is 161 Å². The summed E-state index contributed by atoms with van der Waals surface area (Å²) < 4.78 is 41.5. The van der Waals surface area contributed by atoms with Crippen LogP contribution in [0.15, 0.2) is 36.4 Å². The number of aromatic nitrogens is 5. The van der Waals surface area contributed by atoms with E-state index in [2.05, 4.69) is 24.8 Å². The first-order chi connectivity index (χ1) is 13.5. The van der Waals surface area contributed by atoms with Crippen LogP contribution in [0.25, 0.3) is 15.9 Å². The van der Waals surface area contributed by atoms with E-state index in [1.807, 2.05) is 16.3 Å². The fourth-order valence-corrected chi connectivity index (χ4v) is 4.26. The van der Waals surface area contributed by atoms with E-state index in [1.165, 1.54) is 16.8 Å². The Balaban J connectivity index is 1.41. The summed E-state index contributed by atoms with van der Waals surface area (Å²) in [6.45, 7) is 2.58. The number of hydrogen-bond acceptors (Lipinski definition) is 7. The number of anilines is 2. The topological polar surface area (TPSA) is 62.5 Å². The molecule has 1 saturated heterocycles. The molecule has 4 aromatic heterocycles. The van der Waals surface area contributed by atoms with E-state index in [9.17, 15) is 13.2 Å². The highest BCUT2D eigenvalue weighted by atomic mass is 32.1. The van der Waals surface area contributed by atoms with E-state index in [1.54, 1.807) is 17.7 Å². The van der Waals surface area contributed by atoms with Crippen molar-refractivity contribution in [2.24, 2.45) is 0 Å². The minimum absolute atomic E-state index is 0.214. The molecule has 0 unspecified atom stereocenters. The van der Waals surface area contributed by atoms with Crippen molar-refractivity contribution >= 4 is 38.8 Å². The molecule has 28 heavy (non-hydrogen) atoms. The summed E-state index contributed by atoms with van der Waals surface area (Å²) in [5.41, 5.74) is 0.216. The molecule has 5 heterocycles. The van der Waals surface area contributed by atoms with Crippen LogP contribution >= 0.6 is 11.3 Å². The van der Waals surface area contributed by atoms with Gasteiger partial charge >= 0.3 is 6.18 Å². The van der Waals surface area contributed by atoms with Gasteiger partial charge in [0.1, 0.15) is 12.1 Å². The number of nitrogens with zero attached hydrogens (tertiary/aromatic N) is 7. The van der Waals surface area contributed by atoms with Gasteiger partial charge in [-0.05, 0) is 11.4 Å². The highest BCUT2D eigenvalue weighted by Gasteiger charge is 2.35. The van der Waals surface area contributed by atoms with Crippen molar-refractivity contribution in [3.8, 4) is 0 Å². The maximum Gasteiger partial charge on any atom is 0.434 e. The third-order valence-electron chi connectivity index (χ3n) is 4.75. The molecular formula is C17H14F3N7S. The van der Waals surface area contributed by atoms with Crippen LogP contribution in [-0.4, -0.2) is 50.5 Å². The van der Waals surface area contributed by atoms with Gasteiger partial charge < -0.3 is 14.2 Å². The van der Waals surface area contributed by atoms with Crippen LogP contribution in [0.5, 0.6) is 0 Å². The zero-order valence-electron chi connectivity index (χ0n) is 14.5. The zero-order chi connectivity index (χ0) is 19.3. The Hall–Kier alpha value is -2.95. The molecule has 0 bridgehead atoms. The van der Waals surface area contributed by atoms with E-state index in [0.717, 1.165) is 22.2 Å². The van der Waals surface area contributed by atoms with Crippen LogP contribution in [0, 0.1) is 0 Å². The molecular weight excluding hydrogens is 391 g/mol. The third kappa shape index (κ3) is 2.82. The summed E-state index contributed by atoms with van der Waals surface area (Å²) in [5.74, 6) is 1.35. The van der Waals surface area contributed by atoms with Crippen molar-refractivity contribution in [2.45, 2.75) is 6.18 Å². The van der Waals surface area contributed by atoms with Crippen molar-refractivity contribution in [1.82, 2.24) is 24.3 Å². The Kier molecular flexibility index (Phi) is 3.86. The maximum atomic E-state index is 13.0. The molecule has 11 heteroatoms. The zero-order valence-corrected chi connectivity index (χ0v) is 15.3. The SMILES string of the molecule is FC(F)(F)c1cn2ccnc(N3CCN(c4ncnc5ccsc45)CC3)c2n1. The smallest absolute Gasteiger partial charge is 0.352 e. The minimum atomic E-state index is -4.49. The molecule has 7 nitrogen and oxygen atoms in total. The van der Waals surface area contributed by atoms with E-state index in [-0.39, 0.29) is 5.65 Å². The van der Waals surface area contributed by atoms with Crippen LogP contribution in [0.1, 0.15) is 5.69 Å². The molecule has 4 aromatic rings. The summed E-state index contributed by atoms with van der Waals surface area (Å²) >= 11 is 1.60. The van der Waals surface area contributed by atoms with Crippen molar-refractivity contribution in [1.29, 1.82) is 0 Å². The lowest BCUT2D eigenvalue weighted by Crippen LogP contribution is -2.47. The van der Waals surface area contributed by atoms with Gasteiger partial charge in [-0.15, -0.1) is 11.3 Å². The molecule has 0 spiro atoms. The molecule has 0 N–H and O–H groups in total. The quantitative estimate of drug-likeness (QED) is 0.511. The standard InChI is InChI=1S/C17H14F3N7S/c18-17(19,20)12-9-27-3-2-21-15(16(27)24-12)26-6-4-25(5-7-26)14-13-11(1-8-28-13)22-10-23-14/h1-3,8-10H,4-7H2. The maximum absolute atomic E-state index is 13.0. The van der Waals surface area contributed by atoms with E-state index in [0.29, 0.717) is 32.0 Å². The van der Waals surface area contributed by atoms with Crippen LogP contribution in [-0.2, 0) is 6.18 Å². The van der Waals surface area contributed by atoms with Gasteiger partial charge in [-0.1, -0.05) is 0 Å². The molecule has 0 aliphatic carbocycles. The first-order valence-corrected chi connectivity index (χ1v) is 9.48. The molecule has 0 saturated carbocycles. The van der Waals surface area contributed by atoms with Crippen molar-refractivity contribution in [2.75, 3.05) is 36.0 Å². The summed E-state index contributed by atoms with van der Waals surface area (Å²) in [6, 6.07) is 1.96. The first kappa shape index (κ1) is 17.2. The highest BCUT2D eigenvalue weighted by Crippen LogP contribution is 2.31. The molecule has 5 rings (SSSR count). The minimum Gasteiger partial charge on any atom is -0.352 e. The summed E-state index contributed by atoms with van der Waals surface area (Å²) in [7, 11) is 0. The van der Waals surface area contributed by atoms with Crippen molar-refractivity contribution in [3.63, 3.8) is 0 Å². The molecule has 1 aliphatic heterocycles. The fourth-order valence-electron chi connectivity index (χ4n) is 3.40. The normalized spacial score (nSPS) is 15.7. The Morgan fingerprint density at radius 3 is 2.46 bits per heavy atom. The lowest BCUT2D eigenvalue weighted by Gasteiger charge is -2.36. The lowest BCUT2D eigenvalue weighted by atomic mass is 10.3. The number of thiophene rings is 1. The second kappa shape index (κ2) is 6.30. The average Bonchev–Trinajstić information content (AvgIpc) is 3.34. The van der Waals surface area contributed by atoms with Crippen LogP contribution < -0.4 is 9.80 Å². The highest BCUT2D eigenvalue weighted by molar-refractivity contribution is 7.17. The number of imidazole rings is 1. The molecule has 1 fully saturated rings. The van der Waals surface area contributed by atoms with Crippen molar-refractivity contribution < 1.29 is 13.2 Å². The van der Waals surface area contributed by atoms with Crippen LogP contribution in [0.3, 0.4) is 0 Å². The predicted molar refractivity (Wildman–Crippen MR) is 99.8 cm³/mol. The number of hydrogen-bond donors (Lipinski definition) is 0. The Morgan fingerprint density at radius 2 is 1.71 bits per heavy atom. The molecule has 0 aromatic carbocycles. The Bertz CT molecular complexity index is 1140. The molecule has 1 aliphatic rings. The second-order valence-corrected chi connectivity index (χ2v) is 7.33. The van der Waals surface area contributed by atoms with Gasteiger partial charge in [-0.25, -0.2) is 19.9 Å². The monoisotopic (exact) mass is 405 g/mol. The summed E-state index contributed by atoms with van der Waals surface area (Å²) in [5, 5.41) is 1.99. The first-order valence-electron chi connectivity index (χ1n) is 8.60. The van der Waals surface area contributed by atoms with Gasteiger partial charge in [0.05, 0.1) is 10.2 Å². The number of rotatable bonds is 2. The van der Waals surface area contributed by atoms with Gasteiger partial charge in [-0.3, -0.25) is 0 Å². The molecule has 0 radical (unpaired) electrons. The van der Waals surface area contributed by atoms with Gasteiger partial charge in [0.25, 0.3) is 0 Å². The average molecular weight is 405 g/mol. The second-order valence-electron chi connectivity index (χ2n) is 6.41. The van der Waals surface area contributed by atoms with E-state index < -0.39 is 11.9 Å². The molecule has 0 atom stereocenters. The Morgan fingerprint density at radius 1 is 0.964 bits per heavy atom. The number of halogens is 3. The van der Waals surface area contributed by atoms with E-state index in [4.69, 9.17) is 0 Å². The van der Waals surface area contributed by atoms with Crippen LogP contribution in [0.4, 0.5) is 24.8 Å². The molecule has 0 amide bonds. The lowest BCUT2D eigenvalue weighted by molar-refractivity contribution is -0.140.